The Hall–Kier alpha value is -2.43. The number of rotatable bonds is 7. The molecule has 0 aliphatic carbocycles. The van der Waals surface area contributed by atoms with Gasteiger partial charge in [0.1, 0.15) is 11.6 Å². The lowest BCUT2D eigenvalue weighted by Crippen LogP contribution is -1.96. The third kappa shape index (κ3) is 4.18. The Bertz CT molecular complexity index is 971. The smallest absolute Gasteiger partial charge is 0.195 e. The van der Waals surface area contributed by atoms with E-state index in [1.807, 2.05) is 0 Å². The van der Waals surface area contributed by atoms with Gasteiger partial charge in [-0.1, -0.05) is 44.7 Å². The van der Waals surface area contributed by atoms with Gasteiger partial charge >= 0.3 is 0 Å². The van der Waals surface area contributed by atoms with Gasteiger partial charge in [-0.15, -0.1) is 0 Å². The maximum atomic E-state index is 14.6. The van der Waals surface area contributed by atoms with Crippen LogP contribution in [0.25, 0.3) is 21.9 Å². The van der Waals surface area contributed by atoms with E-state index in [0.717, 1.165) is 38.2 Å². The predicted molar refractivity (Wildman–Crippen MR) is 102 cm³/mol. The van der Waals surface area contributed by atoms with Crippen LogP contribution in [0.15, 0.2) is 36.4 Å². The molecular formula is C23H21F5. The van der Waals surface area contributed by atoms with Crippen molar-refractivity contribution in [2.75, 3.05) is 0 Å². The van der Waals surface area contributed by atoms with Gasteiger partial charge < -0.3 is 0 Å². The first-order chi connectivity index (χ1) is 13.4. The Morgan fingerprint density at radius 3 is 2.04 bits per heavy atom. The summed E-state index contributed by atoms with van der Waals surface area (Å²) in [5.74, 6) is -5.69. The highest BCUT2D eigenvalue weighted by Crippen LogP contribution is 2.32. The molecule has 0 atom stereocenters. The third-order valence-corrected chi connectivity index (χ3v) is 4.93. The summed E-state index contributed by atoms with van der Waals surface area (Å²) >= 11 is 0. The fraction of sp³-hybridized carbons (Fsp3) is 0.304. The lowest BCUT2D eigenvalue weighted by atomic mass is 9.97. The van der Waals surface area contributed by atoms with Crippen molar-refractivity contribution >= 4 is 10.8 Å². The molecule has 3 rings (SSSR count). The van der Waals surface area contributed by atoms with E-state index in [4.69, 9.17) is 0 Å². The Morgan fingerprint density at radius 2 is 1.36 bits per heavy atom. The molecular weight excluding hydrogens is 371 g/mol. The lowest BCUT2D eigenvalue weighted by molar-refractivity contribution is 0.453. The average Bonchev–Trinajstić information content (AvgIpc) is 2.65. The second-order valence-corrected chi connectivity index (χ2v) is 7.02. The fourth-order valence-corrected chi connectivity index (χ4v) is 3.44. The first kappa shape index (κ1) is 20.3. The summed E-state index contributed by atoms with van der Waals surface area (Å²) in [6.45, 7) is 2.12. The number of fused-ring (bicyclic) bond motifs is 1. The van der Waals surface area contributed by atoms with Gasteiger partial charge in [-0.05, 0) is 53.6 Å². The van der Waals surface area contributed by atoms with Crippen LogP contribution in [0, 0.1) is 29.1 Å². The molecule has 0 nitrogen and oxygen atoms in total. The van der Waals surface area contributed by atoms with Crippen molar-refractivity contribution in [2.45, 2.75) is 45.4 Å². The molecule has 0 bridgehead atoms. The van der Waals surface area contributed by atoms with Gasteiger partial charge in [-0.25, -0.2) is 22.0 Å². The highest BCUT2D eigenvalue weighted by atomic mass is 19.2. The van der Waals surface area contributed by atoms with Crippen molar-refractivity contribution in [1.82, 2.24) is 0 Å². The van der Waals surface area contributed by atoms with Crippen molar-refractivity contribution in [3.63, 3.8) is 0 Å². The van der Waals surface area contributed by atoms with Crippen LogP contribution >= 0.6 is 0 Å². The molecule has 0 aliphatic heterocycles. The first-order valence-electron chi connectivity index (χ1n) is 9.48. The van der Waals surface area contributed by atoms with E-state index >= 15 is 0 Å². The minimum absolute atomic E-state index is 0.0349. The largest absolute Gasteiger partial charge is 0.206 e. The fourth-order valence-electron chi connectivity index (χ4n) is 3.44. The van der Waals surface area contributed by atoms with Gasteiger partial charge in [0.15, 0.2) is 17.5 Å². The zero-order valence-electron chi connectivity index (χ0n) is 15.6. The molecule has 0 saturated carbocycles. The summed E-state index contributed by atoms with van der Waals surface area (Å²) in [5.41, 5.74) is 0.458. The van der Waals surface area contributed by atoms with Gasteiger partial charge in [-0.3, -0.25) is 0 Å². The summed E-state index contributed by atoms with van der Waals surface area (Å²) in [6, 6.07) is 7.17. The quantitative estimate of drug-likeness (QED) is 0.219. The van der Waals surface area contributed by atoms with Gasteiger partial charge in [-0.2, -0.15) is 0 Å². The van der Waals surface area contributed by atoms with Crippen LogP contribution in [0.5, 0.6) is 0 Å². The molecule has 148 valence electrons. The maximum Gasteiger partial charge on any atom is 0.195 e. The molecule has 28 heavy (non-hydrogen) atoms. The number of halogens is 5. The van der Waals surface area contributed by atoms with Gasteiger partial charge in [0, 0.05) is 5.39 Å². The van der Waals surface area contributed by atoms with Crippen LogP contribution in [0.1, 0.15) is 44.6 Å². The molecule has 0 amide bonds. The van der Waals surface area contributed by atoms with Crippen molar-refractivity contribution in [3.8, 4) is 11.1 Å². The van der Waals surface area contributed by atoms with E-state index < -0.39 is 29.1 Å². The zero-order chi connectivity index (χ0) is 20.3. The standard InChI is InChI=1S/C23H21F5/c1-2-3-4-5-6-7-14-10-18(24)21(19(25)11-14)15-8-9-17-16(12-15)13-20(26)23(28)22(17)27/h8-13H,2-7H2,1H3. The van der Waals surface area contributed by atoms with Gasteiger partial charge in [0.05, 0.1) is 5.56 Å². The molecule has 3 aromatic rings. The molecule has 5 heteroatoms. The summed E-state index contributed by atoms with van der Waals surface area (Å²) in [6.07, 6.45) is 5.84. The Balaban J connectivity index is 1.90. The van der Waals surface area contributed by atoms with Crippen molar-refractivity contribution in [3.05, 3.63) is 71.0 Å². The van der Waals surface area contributed by atoms with E-state index in [-0.39, 0.29) is 21.9 Å². The molecule has 0 spiro atoms. The van der Waals surface area contributed by atoms with E-state index in [1.165, 1.54) is 30.3 Å². The first-order valence-corrected chi connectivity index (χ1v) is 9.48. The molecule has 0 radical (unpaired) electrons. The van der Waals surface area contributed by atoms with Crippen LogP contribution in [0.4, 0.5) is 22.0 Å². The minimum Gasteiger partial charge on any atom is -0.206 e. The number of hydrogen-bond acceptors (Lipinski definition) is 0. The van der Waals surface area contributed by atoms with Crippen molar-refractivity contribution < 1.29 is 22.0 Å². The van der Waals surface area contributed by atoms with E-state index in [1.54, 1.807) is 0 Å². The number of aryl methyl sites for hydroxylation is 1. The van der Waals surface area contributed by atoms with Crippen LogP contribution < -0.4 is 0 Å². The molecule has 0 heterocycles. The van der Waals surface area contributed by atoms with Gasteiger partial charge in [0.25, 0.3) is 0 Å². The molecule has 0 saturated heterocycles. The second-order valence-electron chi connectivity index (χ2n) is 7.02. The maximum absolute atomic E-state index is 14.6. The Labute approximate surface area is 161 Å². The highest BCUT2D eigenvalue weighted by Gasteiger charge is 2.17. The Morgan fingerprint density at radius 1 is 0.679 bits per heavy atom. The topological polar surface area (TPSA) is 0 Å². The lowest BCUT2D eigenvalue weighted by Gasteiger charge is -2.10. The number of unbranched alkanes of at least 4 members (excludes halogenated alkanes) is 4. The molecule has 0 unspecified atom stereocenters. The molecule has 0 fully saturated rings. The molecule has 0 aromatic heterocycles. The second kappa shape index (κ2) is 8.72. The van der Waals surface area contributed by atoms with Crippen LogP contribution in [-0.4, -0.2) is 0 Å². The summed E-state index contributed by atoms with van der Waals surface area (Å²) in [7, 11) is 0. The summed E-state index contributed by atoms with van der Waals surface area (Å²) in [5, 5.41) is -0.111. The van der Waals surface area contributed by atoms with E-state index in [0.29, 0.717) is 12.0 Å². The number of hydrogen-bond donors (Lipinski definition) is 0. The van der Waals surface area contributed by atoms with Gasteiger partial charge in [0.2, 0.25) is 0 Å². The van der Waals surface area contributed by atoms with Crippen LogP contribution in [-0.2, 0) is 6.42 Å². The molecule has 3 aromatic carbocycles. The molecule has 0 aliphatic rings. The predicted octanol–water partition coefficient (Wildman–Crippen LogP) is 7.72. The van der Waals surface area contributed by atoms with E-state index in [2.05, 4.69) is 6.92 Å². The summed E-state index contributed by atoms with van der Waals surface area (Å²) < 4.78 is 69.9. The average molecular weight is 392 g/mol. The zero-order valence-corrected chi connectivity index (χ0v) is 15.6. The highest BCUT2D eigenvalue weighted by molar-refractivity contribution is 5.88. The number of benzene rings is 3. The van der Waals surface area contributed by atoms with E-state index in [9.17, 15) is 22.0 Å². The monoisotopic (exact) mass is 392 g/mol. The Kier molecular flexibility index (Phi) is 6.32. The normalized spacial score (nSPS) is 11.4. The minimum atomic E-state index is -1.57. The SMILES string of the molecule is CCCCCCCc1cc(F)c(-c2ccc3c(F)c(F)c(F)cc3c2)c(F)c1. The van der Waals surface area contributed by atoms with Crippen LogP contribution in [0.3, 0.4) is 0 Å². The third-order valence-electron chi connectivity index (χ3n) is 4.93. The summed E-state index contributed by atoms with van der Waals surface area (Å²) in [4.78, 5) is 0. The molecule has 0 N–H and O–H groups in total. The van der Waals surface area contributed by atoms with Crippen molar-refractivity contribution in [1.29, 1.82) is 0 Å². The van der Waals surface area contributed by atoms with Crippen molar-refractivity contribution in [2.24, 2.45) is 0 Å². The van der Waals surface area contributed by atoms with Crippen LogP contribution in [0.2, 0.25) is 0 Å².